The van der Waals surface area contributed by atoms with E-state index in [-0.39, 0.29) is 10.6 Å². The van der Waals surface area contributed by atoms with E-state index < -0.39 is 15.9 Å². The van der Waals surface area contributed by atoms with Gasteiger partial charge in [-0.05, 0) is 43.3 Å². The van der Waals surface area contributed by atoms with Crippen LogP contribution in [0.3, 0.4) is 0 Å². The molecular formula is C18H16N4O3S. The quantitative estimate of drug-likeness (QED) is 0.721. The molecule has 0 aliphatic heterocycles. The molecule has 132 valence electrons. The van der Waals surface area contributed by atoms with Gasteiger partial charge in [-0.2, -0.15) is 0 Å². The average Bonchev–Trinajstić information content (AvgIpc) is 2.64. The van der Waals surface area contributed by atoms with Crippen molar-refractivity contribution in [2.45, 2.75) is 11.8 Å². The van der Waals surface area contributed by atoms with Gasteiger partial charge in [0.1, 0.15) is 5.69 Å². The Balaban J connectivity index is 1.69. The Bertz CT molecular complexity index is 1000. The molecule has 3 aromatic rings. The highest BCUT2D eigenvalue weighted by Crippen LogP contribution is 2.19. The second kappa shape index (κ2) is 7.32. The zero-order chi connectivity index (χ0) is 18.6. The topological polar surface area (TPSA) is 101 Å². The summed E-state index contributed by atoms with van der Waals surface area (Å²) in [6, 6.07) is 12.9. The highest BCUT2D eigenvalue weighted by Gasteiger charge is 2.14. The summed E-state index contributed by atoms with van der Waals surface area (Å²) >= 11 is 0. The lowest BCUT2D eigenvalue weighted by Gasteiger charge is -2.10. The van der Waals surface area contributed by atoms with Gasteiger partial charge in [0.2, 0.25) is 0 Å². The van der Waals surface area contributed by atoms with Crippen LogP contribution in [-0.2, 0) is 10.0 Å². The van der Waals surface area contributed by atoms with E-state index in [0.717, 1.165) is 5.56 Å². The maximum absolute atomic E-state index is 12.4. The summed E-state index contributed by atoms with van der Waals surface area (Å²) in [7, 11) is -3.66. The van der Waals surface area contributed by atoms with Gasteiger partial charge in [-0.25, -0.2) is 13.4 Å². The number of anilines is 2. The van der Waals surface area contributed by atoms with Gasteiger partial charge in [0, 0.05) is 23.8 Å². The van der Waals surface area contributed by atoms with Crippen molar-refractivity contribution in [2.24, 2.45) is 0 Å². The van der Waals surface area contributed by atoms with E-state index in [1.165, 1.54) is 18.6 Å². The third-order valence-electron chi connectivity index (χ3n) is 3.52. The van der Waals surface area contributed by atoms with Gasteiger partial charge in [0.05, 0.1) is 11.1 Å². The first-order valence-electron chi connectivity index (χ1n) is 7.71. The summed E-state index contributed by atoms with van der Waals surface area (Å²) in [5.74, 6) is -0.397. The Morgan fingerprint density at radius 2 is 1.58 bits per heavy atom. The lowest BCUT2D eigenvalue weighted by atomic mass is 10.2. The van der Waals surface area contributed by atoms with Gasteiger partial charge < -0.3 is 5.32 Å². The van der Waals surface area contributed by atoms with Crippen molar-refractivity contribution in [3.05, 3.63) is 78.4 Å². The number of aryl methyl sites for hydroxylation is 1. The molecule has 1 heterocycles. The van der Waals surface area contributed by atoms with Gasteiger partial charge in [-0.3, -0.25) is 14.5 Å². The van der Waals surface area contributed by atoms with Crippen LogP contribution in [0.5, 0.6) is 0 Å². The first-order valence-corrected chi connectivity index (χ1v) is 9.19. The summed E-state index contributed by atoms with van der Waals surface area (Å²) in [4.78, 5) is 19.9. The molecule has 0 radical (unpaired) electrons. The SMILES string of the molecule is Cc1ccc(S(=O)(=O)Nc2ccc(NC(=O)c3cnccn3)cc2)cc1. The summed E-state index contributed by atoms with van der Waals surface area (Å²) in [6.07, 6.45) is 4.27. The molecule has 1 amide bonds. The number of carbonyl (C=O) groups is 1. The van der Waals surface area contributed by atoms with Crippen LogP contribution < -0.4 is 10.0 Å². The number of hydrogen-bond acceptors (Lipinski definition) is 5. The normalized spacial score (nSPS) is 11.0. The number of carbonyl (C=O) groups excluding carboxylic acids is 1. The van der Waals surface area contributed by atoms with Crippen LogP contribution in [0, 0.1) is 6.92 Å². The van der Waals surface area contributed by atoms with Crippen LogP contribution in [0.4, 0.5) is 11.4 Å². The number of benzene rings is 2. The predicted octanol–water partition coefficient (Wildman–Crippen LogP) is 2.84. The molecule has 7 nitrogen and oxygen atoms in total. The maximum atomic E-state index is 12.4. The highest BCUT2D eigenvalue weighted by molar-refractivity contribution is 7.92. The van der Waals surface area contributed by atoms with Crippen molar-refractivity contribution in [3.63, 3.8) is 0 Å². The minimum absolute atomic E-state index is 0.183. The lowest BCUT2D eigenvalue weighted by molar-refractivity contribution is 0.102. The number of nitrogens with one attached hydrogen (secondary N) is 2. The van der Waals surface area contributed by atoms with E-state index in [2.05, 4.69) is 20.0 Å². The number of nitrogens with zero attached hydrogens (tertiary/aromatic N) is 2. The fourth-order valence-electron chi connectivity index (χ4n) is 2.16. The Morgan fingerprint density at radius 3 is 2.19 bits per heavy atom. The average molecular weight is 368 g/mol. The number of aromatic nitrogens is 2. The summed E-state index contributed by atoms with van der Waals surface area (Å²) in [5, 5.41) is 2.67. The van der Waals surface area contributed by atoms with Crippen molar-refractivity contribution >= 4 is 27.3 Å². The molecule has 26 heavy (non-hydrogen) atoms. The van der Waals surface area contributed by atoms with Crippen LogP contribution >= 0.6 is 0 Å². The van der Waals surface area contributed by atoms with Gasteiger partial charge in [-0.15, -0.1) is 0 Å². The molecule has 0 fully saturated rings. The molecule has 0 aliphatic rings. The third kappa shape index (κ3) is 4.22. The monoisotopic (exact) mass is 368 g/mol. The summed E-state index contributed by atoms with van der Waals surface area (Å²) in [6.45, 7) is 1.89. The zero-order valence-electron chi connectivity index (χ0n) is 13.9. The molecule has 0 saturated heterocycles. The molecule has 0 unspecified atom stereocenters. The first-order chi connectivity index (χ1) is 12.4. The van der Waals surface area contributed by atoms with E-state index in [4.69, 9.17) is 0 Å². The Labute approximate surface area is 151 Å². The highest BCUT2D eigenvalue weighted by atomic mass is 32.2. The second-order valence-corrected chi connectivity index (χ2v) is 7.22. The molecular weight excluding hydrogens is 352 g/mol. The van der Waals surface area contributed by atoms with E-state index in [9.17, 15) is 13.2 Å². The van der Waals surface area contributed by atoms with Crippen LogP contribution in [0.2, 0.25) is 0 Å². The van der Waals surface area contributed by atoms with Crippen LogP contribution in [0.25, 0.3) is 0 Å². The van der Waals surface area contributed by atoms with Crippen molar-refractivity contribution < 1.29 is 13.2 Å². The van der Waals surface area contributed by atoms with Crippen LogP contribution in [0.1, 0.15) is 16.1 Å². The van der Waals surface area contributed by atoms with Gasteiger partial charge >= 0.3 is 0 Å². The molecule has 0 saturated carbocycles. The van der Waals surface area contributed by atoms with Gasteiger partial charge in [-0.1, -0.05) is 17.7 Å². The standard InChI is InChI=1S/C18H16N4O3S/c1-13-2-8-16(9-3-13)26(24,25)22-15-6-4-14(5-7-15)21-18(23)17-12-19-10-11-20-17/h2-12,22H,1H3,(H,21,23). The predicted molar refractivity (Wildman–Crippen MR) is 98.4 cm³/mol. The Morgan fingerprint density at radius 1 is 0.923 bits per heavy atom. The smallest absolute Gasteiger partial charge is 0.275 e. The first kappa shape index (κ1) is 17.6. The Hall–Kier alpha value is -3.26. The van der Waals surface area contributed by atoms with E-state index >= 15 is 0 Å². The maximum Gasteiger partial charge on any atom is 0.275 e. The molecule has 0 atom stereocenters. The molecule has 8 heteroatoms. The molecule has 2 N–H and O–H groups in total. The zero-order valence-corrected chi connectivity index (χ0v) is 14.7. The minimum Gasteiger partial charge on any atom is -0.321 e. The van der Waals surface area contributed by atoms with Crippen molar-refractivity contribution in [1.82, 2.24) is 9.97 Å². The van der Waals surface area contributed by atoms with E-state index in [0.29, 0.717) is 11.4 Å². The number of sulfonamides is 1. The van der Waals surface area contributed by atoms with Gasteiger partial charge in [0.15, 0.2) is 0 Å². The van der Waals surface area contributed by atoms with Crippen molar-refractivity contribution in [3.8, 4) is 0 Å². The summed E-state index contributed by atoms with van der Waals surface area (Å²) in [5.41, 5.74) is 2.07. The summed E-state index contributed by atoms with van der Waals surface area (Å²) < 4.78 is 27.2. The Kier molecular flexibility index (Phi) is 4.94. The minimum atomic E-state index is -3.66. The van der Waals surface area contributed by atoms with Crippen molar-refractivity contribution in [1.29, 1.82) is 0 Å². The van der Waals surface area contributed by atoms with Crippen molar-refractivity contribution in [2.75, 3.05) is 10.0 Å². The largest absolute Gasteiger partial charge is 0.321 e. The molecule has 1 aromatic heterocycles. The second-order valence-electron chi connectivity index (χ2n) is 5.54. The number of hydrogen-bond donors (Lipinski definition) is 2. The molecule has 2 aromatic carbocycles. The molecule has 0 bridgehead atoms. The van der Waals surface area contributed by atoms with E-state index in [1.807, 2.05) is 6.92 Å². The lowest BCUT2D eigenvalue weighted by Crippen LogP contribution is -2.14. The van der Waals surface area contributed by atoms with Crippen LogP contribution in [-0.4, -0.2) is 24.3 Å². The van der Waals surface area contributed by atoms with Gasteiger partial charge in [0.25, 0.3) is 15.9 Å². The fourth-order valence-corrected chi connectivity index (χ4v) is 3.22. The fraction of sp³-hybridized carbons (Fsp3) is 0.0556. The van der Waals surface area contributed by atoms with Crippen LogP contribution in [0.15, 0.2) is 72.0 Å². The number of rotatable bonds is 5. The molecule has 3 rings (SSSR count). The third-order valence-corrected chi connectivity index (χ3v) is 4.92. The number of amides is 1. The molecule has 0 spiro atoms. The molecule has 0 aliphatic carbocycles. The van der Waals surface area contributed by atoms with E-state index in [1.54, 1.807) is 48.5 Å².